The maximum Gasteiger partial charge on any atom is 1.00 e. The van der Waals surface area contributed by atoms with Crippen LogP contribution in [0.25, 0.3) is 0 Å². The van der Waals surface area contributed by atoms with Crippen LogP contribution in [-0.2, 0) is 0 Å². The smallest absolute Gasteiger partial charge is 1.00 e. The SMILES string of the molecule is C.CCCC[N+]1(C)CCCC1.CCCC[N+]1(C)CCCC1.F[C-](F)F.N#CB(F)F.O.[Cl-].[Cl-].[K+].[K+]. The van der Waals surface area contributed by atoms with E-state index in [2.05, 4.69) is 27.9 Å². The van der Waals surface area contributed by atoms with Crippen molar-refractivity contribution in [3.05, 3.63) is 6.68 Å². The number of unbranched alkanes of at least 4 members (excludes halogenated alkanes) is 2. The molecule has 0 amide bonds. The number of halogens is 7. The molecule has 0 atom stereocenters. The molecule has 2 aliphatic heterocycles. The first-order valence-corrected chi connectivity index (χ1v) is 10.7. The fraction of sp³-hybridized carbons (Fsp3) is 0.905. The number of quaternary nitrogens is 2. The Kier molecular flexibility index (Phi) is 61.0. The Morgan fingerprint density at radius 3 is 1.11 bits per heavy atom. The van der Waals surface area contributed by atoms with Crippen molar-refractivity contribution in [2.75, 3.05) is 53.4 Å². The minimum Gasteiger partial charge on any atom is -1.00 e. The zero-order valence-electron chi connectivity index (χ0n) is 22.0. The standard InChI is InChI=1S/2C9H20N.CBF2N.CF3.CH4.2ClH.2K.H2O/c2*1-3-4-7-10(2)8-5-6-9-10;3-2(4)1-5;2-1(3)4;;;;;;/h2*3-9H2,1-2H3;;;1H4;2*1H;;;1H2/q2*+1;;-1;;;;2*+1;/p-2. The van der Waals surface area contributed by atoms with Crippen LogP contribution in [0.2, 0.25) is 0 Å². The van der Waals surface area contributed by atoms with Crippen LogP contribution in [0, 0.1) is 17.9 Å². The van der Waals surface area contributed by atoms with Crippen molar-refractivity contribution in [1.29, 1.82) is 5.26 Å². The van der Waals surface area contributed by atoms with Crippen molar-refractivity contribution in [2.45, 2.75) is 72.6 Å². The second kappa shape index (κ2) is 36.9. The third kappa shape index (κ3) is 41.6. The van der Waals surface area contributed by atoms with Crippen molar-refractivity contribution in [3.8, 4) is 5.97 Å². The van der Waals surface area contributed by atoms with Crippen LogP contribution in [0.15, 0.2) is 0 Å². The number of nitriles is 1. The van der Waals surface area contributed by atoms with Gasteiger partial charge in [0, 0.05) is 25.7 Å². The van der Waals surface area contributed by atoms with Gasteiger partial charge in [-0.05, 0) is 12.8 Å². The van der Waals surface area contributed by atoms with Gasteiger partial charge in [-0.15, -0.1) is 0 Å². The molecule has 0 aromatic heterocycles. The summed E-state index contributed by atoms with van der Waals surface area (Å²) in [6.45, 7) is 10.0. The molecule has 2 N–H and O–H groups in total. The molecule has 0 bridgehead atoms. The Hall–Kier alpha value is 2.94. The summed E-state index contributed by atoms with van der Waals surface area (Å²) in [7, 11) is 2.00. The largest absolute Gasteiger partial charge is 1.00 e. The maximum absolute atomic E-state index is 10.4. The van der Waals surface area contributed by atoms with Crippen LogP contribution in [0.4, 0.5) is 21.8 Å². The molecule has 0 aromatic carbocycles. The summed E-state index contributed by atoms with van der Waals surface area (Å²) in [4.78, 5) is 0. The van der Waals surface area contributed by atoms with Crippen molar-refractivity contribution in [3.63, 3.8) is 0 Å². The molecule has 0 saturated carbocycles. The first-order chi connectivity index (χ1) is 13.5. The summed E-state index contributed by atoms with van der Waals surface area (Å²) in [5.41, 5.74) is 0. The van der Waals surface area contributed by atoms with E-state index in [1.54, 1.807) is 0 Å². The van der Waals surface area contributed by atoms with E-state index < -0.39 is 13.9 Å². The van der Waals surface area contributed by atoms with E-state index in [0.29, 0.717) is 5.97 Å². The molecule has 0 radical (unpaired) electrons. The van der Waals surface area contributed by atoms with E-state index in [4.69, 9.17) is 5.26 Å². The van der Waals surface area contributed by atoms with Crippen molar-refractivity contribution < 1.29 is 164 Å². The number of rotatable bonds is 6. The summed E-state index contributed by atoms with van der Waals surface area (Å²) in [6.07, 6.45) is 11.4. The summed E-state index contributed by atoms with van der Waals surface area (Å²) in [5, 5.41) is 7.14. The Morgan fingerprint density at radius 2 is 0.971 bits per heavy atom. The zero-order valence-corrected chi connectivity index (χ0v) is 29.7. The van der Waals surface area contributed by atoms with E-state index in [-0.39, 0.29) is 140 Å². The average Bonchev–Trinajstić information content (AvgIpc) is 3.28. The fourth-order valence-electron chi connectivity index (χ4n) is 3.72. The van der Waals surface area contributed by atoms with Gasteiger partial charge in [0.2, 0.25) is 0 Å². The van der Waals surface area contributed by atoms with Gasteiger partial charge in [-0.1, -0.05) is 34.1 Å². The van der Waals surface area contributed by atoms with Gasteiger partial charge in [0.15, 0.2) is 6.68 Å². The molecule has 14 heteroatoms. The molecular formula is C21H46BCl2F5K2N3O+. The normalized spacial score (nSPS) is 15.2. The van der Waals surface area contributed by atoms with E-state index in [1.165, 1.54) is 99.6 Å². The van der Waals surface area contributed by atoms with Crippen LogP contribution in [-0.4, -0.2) is 75.1 Å². The number of likely N-dealkylation sites (tertiary alicyclic amines) is 2. The third-order valence-corrected chi connectivity index (χ3v) is 5.49. The van der Waals surface area contributed by atoms with Gasteiger partial charge in [0.1, 0.15) is 0 Å². The predicted molar refractivity (Wildman–Crippen MR) is 120 cm³/mol. The molecule has 204 valence electrons. The van der Waals surface area contributed by atoms with Gasteiger partial charge in [-0.25, -0.2) is 5.26 Å². The van der Waals surface area contributed by atoms with E-state index in [1.807, 2.05) is 0 Å². The second-order valence-corrected chi connectivity index (χ2v) is 8.35. The molecule has 2 aliphatic rings. The van der Waals surface area contributed by atoms with E-state index in [0.717, 1.165) is 0 Å². The Labute approximate surface area is 310 Å². The van der Waals surface area contributed by atoms with E-state index >= 15 is 0 Å². The van der Waals surface area contributed by atoms with Crippen molar-refractivity contribution in [2.24, 2.45) is 0 Å². The third-order valence-electron chi connectivity index (χ3n) is 5.49. The minimum atomic E-state index is -3.08. The Balaban J connectivity index is -0.0000000464. The van der Waals surface area contributed by atoms with Gasteiger partial charge < -0.3 is 52.4 Å². The van der Waals surface area contributed by atoms with Crippen LogP contribution >= 0.6 is 0 Å². The predicted octanol–water partition coefficient (Wildman–Crippen LogP) is -6.30. The Morgan fingerprint density at radius 1 is 0.771 bits per heavy atom. The van der Waals surface area contributed by atoms with Crippen molar-refractivity contribution in [1.82, 2.24) is 0 Å². The second-order valence-electron chi connectivity index (χ2n) is 8.35. The number of hydrogen-bond acceptors (Lipinski definition) is 1. The molecule has 35 heavy (non-hydrogen) atoms. The molecule has 2 fully saturated rings. The first-order valence-electron chi connectivity index (χ1n) is 10.7. The fourth-order valence-corrected chi connectivity index (χ4v) is 3.72. The molecule has 0 aliphatic carbocycles. The van der Waals surface area contributed by atoms with Crippen LogP contribution in [0.5, 0.6) is 0 Å². The quantitative estimate of drug-likeness (QED) is 0.128. The van der Waals surface area contributed by atoms with Gasteiger partial charge >= 0.3 is 110 Å². The van der Waals surface area contributed by atoms with Gasteiger partial charge in [-0.3, -0.25) is 8.63 Å². The monoisotopic (exact) mass is 610 g/mol. The van der Waals surface area contributed by atoms with Gasteiger partial charge in [-0.2, -0.15) is 0 Å². The van der Waals surface area contributed by atoms with Gasteiger partial charge in [0.25, 0.3) is 0 Å². The molecular weight excluding hydrogens is 565 g/mol. The zero-order chi connectivity index (χ0) is 22.8. The number of hydrogen-bond donors (Lipinski definition) is 0. The van der Waals surface area contributed by atoms with E-state index in [9.17, 15) is 21.8 Å². The van der Waals surface area contributed by atoms with Crippen LogP contribution in [0.3, 0.4) is 0 Å². The molecule has 0 aromatic rings. The first kappa shape index (κ1) is 57.8. The maximum atomic E-state index is 10.4. The average molecular weight is 612 g/mol. The Bertz CT molecular complexity index is 407. The molecule has 2 saturated heterocycles. The van der Waals surface area contributed by atoms with Crippen LogP contribution in [0.1, 0.15) is 72.6 Å². The molecule has 2 heterocycles. The summed E-state index contributed by atoms with van der Waals surface area (Å²) in [6, 6.07) is 0. The topological polar surface area (TPSA) is 55.3 Å². The minimum absolute atomic E-state index is 0. The van der Waals surface area contributed by atoms with Crippen LogP contribution < -0.4 is 128 Å². The molecule has 2 rings (SSSR count). The molecule has 0 spiro atoms. The van der Waals surface area contributed by atoms with Crippen molar-refractivity contribution >= 4 is 7.27 Å². The summed E-state index contributed by atoms with van der Waals surface area (Å²) in [5.74, 6) is 0.694. The number of nitrogens with zero attached hydrogens (tertiary/aromatic N) is 3. The molecule has 0 unspecified atom stereocenters. The van der Waals surface area contributed by atoms with Gasteiger partial charge in [0.05, 0.1) is 59.3 Å². The summed E-state index contributed by atoms with van der Waals surface area (Å²) >= 11 is 0. The summed E-state index contributed by atoms with van der Waals surface area (Å²) < 4.78 is 52.3. The molecule has 4 nitrogen and oxygen atoms in total.